The second-order valence-electron chi connectivity index (χ2n) is 7.15. The number of nitrogens with one attached hydrogen (secondary N) is 1. The molecule has 1 N–H and O–H groups in total. The highest BCUT2D eigenvalue weighted by Crippen LogP contribution is 2.32. The molecule has 1 saturated heterocycles. The van der Waals surface area contributed by atoms with Gasteiger partial charge in [-0.3, -0.25) is 4.79 Å². The molecule has 1 fully saturated rings. The van der Waals surface area contributed by atoms with Crippen molar-refractivity contribution >= 4 is 46.6 Å². The summed E-state index contributed by atoms with van der Waals surface area (Å²) >= 11 is 12.2. The fourth-order valence-electron chi connectivity index (χ4n) is 3.12. The molecular formula is C21H16Cl2F3N5O. The smallest absolute Gasteiger partial charge is 0.341 e. The van der Waals surface area contributed by atoms with Crippen LogP contribution >= 0.6 is 23.2 Å². The van der Waals surface area contributed by atoms with E-state index < -0.39 is 11.9 Å². The van der Waals surface area contributed by atoms with Crippen molar-refractivity contribution in [1.29, 1.82) is 0 Å². The van der Waals surface area contributed by atoms with Crippen molar-refractivity contribution in [1.82, 2.24) is 15.0 Å². The van der Waals surface area contributed by atoms with E-state index in [9.17, 15) is 18.0 Å². The van der Waals surface area contributed by atoms with Gasteiger partial charge in [-0.2, -0.15) is 18.2 Å². The van der Waals surface area contributed by atoms with Gasteiger partial charge in [0.05, 0.1) is 15.6 Å². The largest absolute Gasteiger partial charge is 0.433 e. The average Bonchev–Trinajstić information content (AvgIpc) is 2.66. The predicted octanol–water partition coefficient (Wildman–Crippen LogP) is 5.58. The minimum absolute atomic E-state index is 0.00766. The van der Waals surface area contributed by atoms with Gasteiger partial charge in [0, 0.05) is 31.8 Å². The van der Waals surface area contributed by atoms with E-state index in [4.69, 9.17) is 23.2 Å². The van der Waals surface area contributed by atoms with Gasteiger partial charge in [-0.25, -0.2) is 9.97 Å². The number of benzene rings is 1. The van der Waals surface area contributed by atoms with Crippen LogP contribution in [0.1, 0.15) is 28.0 Å². The lowest BCUT2D eigenvalue weighted by atomic mass is 10.0. The highest BCUT2D eigenvalue weighted by molar-refractivity contribution is 6.39. The molecule has 32 heavy (non-hydrogen) atoms. The molecule has 4 rings (SSSR count). The van der Waals surface area contributed by atoms with Crippen LogP contribution in [0.4, 0.5) is 30.8 Å². The van der Waals surface area contributed by atoms with E-state index in [0.29, 0.717) is 18.7 Å². The van der Waals surface area contributed by atoms with Crippen molar-refractivity contribution in [2.24, 2.45) is 0 Å². The first-order valence-corrected chi connectivity index (χ1v) is 10.4. The summed E-state index contributed by atoms with van der Waals surface area (Å²) in [6.07, 6.45) is -2.32. The molecule has 2 aromatic heterocycles. The third-order valence-electron chi connectivity index (χ3n) is 4.83. The molecule has 0 saturated carbocycles. The van der Waals surface area contributed by atoms with Gasteiger partial charge in [-0.15, -0.1) is 0 Å². The fraction of sp³-hybridized carbons (Fsp3) is 0.238. The third-order valence-corrected chi connectivity index (χ3v) is 5.46. The number of Topliss-reactive ketones (excluding diaryl/α,β-unsaturated/α-hetero) is 1. The van der Waals surface area contributed by atoms with Gasteiger partial charge in [0.15, 0.2) is 11.5 Å². The van der Waals surface area contributed by atoms with Crippen molar-refractivity contribution in [3.8, 4) is 0 Å². The Labute approximate surface area is 191 Å². The van der Waals surface area contributed by atoms with E-state index in [1.165, 1.54) is 6.20 Å². The molecule has 0 amide bonds. The second-order valence-corrected chi connectivity index (χ2v) is 7.96. The van der Waals surface area contributed by atoms with Crippen LogP contribution < -0.4 is 10.2 Å². The normalized spacial score (nSPS) is 13.6. The van der Waals surface area contributed by atoms with E-state index in [0.717, 1.165) is 12.5 Å². The number of hydrogen-bond acceptors (Lipinski definition) is 6. The van der Waals surface area contributed by atoms with Gasteiger partial charge in [0.25, 0.3) is 0 Å². The standard InChI is InChI=1S/C21H16Cl2F3N5O/c22-13-3-1-4-14(23)19(13)15(32)9-12-5-6-27-17(10-12)29-18-11-16(21(24,25)26)28-20(30-18)31-7-2-8-31/h1,3-6,10-11H,2,7-9H2,(H,27,28,29,30). The van der Waals surface area contributed by atoms with E-state index in [-0.39, 0.29) is 45.4 Å². The van der Waals surface area contributed by atoms with Gasteiger partial charge in [0.1, 0.15) is 11.6 Å². The number of anilines is 3. The summed E-state index contributed by atoms with van der Waals surface area (Å²) < 4.78 is 39.9. The number of carbonyl (C=O) groups excluding carboxylic acids is 1. The fourth-order valence-corrected chi connectivity index (χ4v) is 3.73. The van der Waals surface area contributed by atoms with Crippen LogP contribution in [0.5, 0.6) is 0 Å². The van der Waals surface area contributed by atoms with Crippen LogP contribution in [0, 0.1) is 0 Å². The van der Waals surface area contributed by atoms with Crippen LogP contribution in [0.2, 0.25) is 10.0 Å². The van der Waals surface area contributed by atoms with Gasteiger partial charge in [-0.1, -0.05) is 29.3 Å². The molecular weight excluding hydrogens is 466 g/mol. The number of pyridine rings is 1. The Hall–Kier alpha value is -2.91. The monoisotopic (exact) mass is 481 g/mol. The zero-order valence-electron chi connectivity index (χ0n) is 16.5. The number of hydrogen-bond donors (Lipinski definition) is 1. The Morgan fingerprint density at radius 1 is 1.06 bits per heavy atom. The summed E-state index contributed by atoms with van der Waals surface area (Å²) in [6.45, 7) is 1.20. The molecule has 11 heteroatoms. The van der Waals surface area contributed by atoms with Crippen molar-refractivity contribution in [2.75, 3.05) is 23.3 Å². The molecule has 1 aromatic carbocycles. The van der Waals surface area contributed by atoms with Crippen LogP contribution in [-0.2, 0) is 12.6 Å². The van der Waals surface area contributed by atoms with Gasteiger partial charge in [0.2, 0.25) is 5.95 Å². The average molecular weight is 482 g/mol. The lowest BCUT2D eigenvalue weighted by molar-refractivity contribution is -0.141. The van der Waals surface area contributed by atoms with Crippen LogP contribution in [0.3, 0.4) is 0 Å². The first-order valence-electron chi connectivity index (χ1n) is 9.61. The van der Waals surface area contributed by atoms with E-state index in [2.05, 4.69) is 20.3 Å². The molecule has 6 nitrogen and oxygen atoms in total. The number of alkyl halides is 3. The zero-order valence-corrected chi connectivity index (χ0v) is 18.0. The van der Waals surface area contributed by atoms with Crippen molar-refractivity contribution < 1.29 is 18.0 Å². The molecule has 0 radical (unpaired) electrons. The van der Waals surface area contributed by atoms with Gasteiger partial charge in [-0.05, 0) is 36.2 Å². The molecule has 0 bridgehead atoms. The topological polar surface area (TPSA) is 71.0 Å². The predicted molar refractivity (Wildman–Crippen MR) is 116 cm³/mol. The molecule has 166 valence electrons. The molecule has 0 unspecified atom stereocenters. The first-order chi connectivity index (χ1) is 15.2. The Morgan fingerprint density at radius 3 is 2.41 bits per heavy atom. The lowest BCUT2D eigenvalue weighted by Gasteiger charge is -2.31. The van der Waals surface area contributed by atoms with E-state index >= 15 is 0 Å². The number of nitrogens with zero attached hydrogens (tertiary/aromatic N) is 4. The van der Waals surface area contributed by atoms with Gasteiger partial charge < -0.3 is 10.2 Å². The summed E-state index contributed by atoms with van der Waals surface area (Å²) in [5.41, 5.74) is -0.250. The highest BCUT2D eigenvalue weighted by atomic mass is 35.5. The summed E-state index contributed by atoms with van der Waals surface area (Å²) in [4.78, 5) is 26.3. The number of aromatic nitrogens is 3. The molecule has 3 heterocycles. The second kappa shape index (κ2) is 8.91. The zero-order chi connectivity index (χ0) is 22.9. The van der Waals surface area contributed by atoms with E-state index in [1.807, 2.05) is 0 Å². The Balaban J connectivity index is 1.57. The summed E-state index contributed by atoms with van der Waals surface area (Å²) in [6, 6.07) is 8.79. The maximum atomic E-state index is 13.3. The van der Waals surface area contributed by atoms with Crippen molar-refractivity contribution in [2.45, 2.75) is 19.0 Å². The summed E-state index contributed by atoms with van der Waals surface area (Å²) in [7, 11) is 0. The van der Waals surface area contributed by atoms with Crippen molar-refractivity contribution in [3.63, 3.8) is 0 Å². The van der Waals surface area contributed by atoms with Gasteiger partial charge >= 0.3 is 6.18 Å². The maximum absolute atomic E-state index is 13.3. The van der Waals surface area contributed by atoms with Crippen LogP contribution in [0.25, 0.3) is 0 Å². The lowest BCUT2D eigenvalue weighted by Crippen LogP contribution is -2.38. The Bertz CT molecular complexity index is 1150. The third kappa shape index (κ3) is 4.94. The summed E-state index contributed by atoms with van der Waals surface area (Å²) in [5, 5.41) is 3.27. The Morgan fingerprint density at radius 2 is 1.78 bits per heavy atom. The summed E-state index contributed by atoms with van der Waals surface area (Å²) in [5.74, 6) is -0.0891. The van der Waals surface area contributed by atoms with Crippen LogP contribution in [-0.4, -0.2) is 33.8 Å². The molecule has 1 aliphatic heterocycles. The first kappa shape index (κ1) is 22.3. The van der Waals surface area contributed by atoms with Crippen LogP contribution in [0.15, 0.2) is 42.6 Å². The number of rotatable bonds is 6. The highest BCUT2D eigenvalue weighted by Gasteiger charge is 2.34. The van der Waals surface area contributed by atoms with E-state index in [1.54, 1.807) is 35.2 Å². The molecule has 0 aliphatic carbocycles. The molecule has 1 aliphatic rings. The Kier molecular flexibility index (Phi) is 6.21. The molecule has 0 atom stereocenters. The maximum Gasteiger partial charge on any atom is 0.433 e. The molecule has 3 aromatic rings. The number of carbonyl (C=O) groups is 1. The minimum Gasteiger partial charge on any atom is -0.341 e. The quantitative estimate of drug-likeness (QED) is 0.463. The number of halogens is 5. The minimum atomic E-state index is -4.62. The number of ketones is 1. The SMILES string of the molecule is O=C(Cc1ccnc(Nc2cc(C(F)(F)F)nc(N3CCC3)n2)c1)c1c(Cl)cccc1Cl. The molecule has 0 spiro atoms. The van der Waals surface area contributed by atoms with Crippen molar-refractivity contribution in [3.05, 3.63) is 69.5 Å².